The van der Waals surface area contributed by atoms with Gasteiger partial charge in [0.2, 0.25) is 5.75 Å². The van der Waals surface area contributed by atoms with Crippen LogP contribution in [0.4, 0.5) is 5.82 Å². The minimum Gasteiger partial charge on any atom is -0.493 e. The van der Waals surface area contributed by atoms with Crippen LogP contribution < -0.4 is 24.4 Å². The van der Waals surface area contributed by atoms with E-state index in [-0.39, 0.29) is 5.69 Å². The maximum Gasteiger partial charge on any atom is 0.357 e. The fraction of sp³-hybridized carbons (Fsp3) is 0.312. The molecule has 0 unspecified atom stereocenters. The minimum absolute atomic E-state index is 0.161. The third-order valence-corrected chi connectivity index (χ3v) is 7.32. The zero-order valence-electron chi connectivity index (χ0n) is 24.6. The van der Waals surface area contributed by atoms with Crippen LogP contribution in [-0.2, 0) is 11.3 Å². The number of aromatic nitrogens is 1. The van der Waals surface area contributed by atoms with Crippen molar-refractivity contribution in [2.45, 2.75) is 6.61 Å². The van der Waals surface area contributed by atoms with Crippen LogP contribution >= 0.6 is 0 Å². The smallest absolute Gasteiger partial charge is 0.357 e. The Labute approximate surface area is 245 Å². The molecular weight excluding hydrogens is 536 g/mol. The Bertz CT molecular complexity index is 1530. The van der Waals surface area contributed by atoms with Gasteiger partial charge in [0.1, 0.15) is 18.2 Å². The van der Waals surface area contributed by atoms with Gasteiger partial charge in [0, 0.05) is 37.1 Å². The molecule has 220 valence electrons. The molecule has 4 aromatic rings. The Balaban J connectivity index is 1.69. The summed E-state index contributed by atoms with van der Waals surface area (Å²) in [5.74, 6) is 2.01. The number of piperazine rings is 1. The van der Waals surface area contributed by atoms with Gasteiger partial charge in [-0.3, -0.25) is 0 Å². The van der Waals surface area contributed by atoms with E-state index < -0.39 is 5.97 Å². The summed E-state index contributed by atoms with van der Waals surface area (Å²) >= 11 is 0. The number of carbonyl (C=O) groups excluding carboxylic acids is 1. The van der Waals surface area contributed by atoms with E-state index in [2.05, 4.69) is 22.4 Å². The van der Waals surface area contributed by atoms with Gasteiger partial charge in [-0.15, -0.1) is 0 Å². The summed E-state index contributed by atoms with van der Waals surface area (Å²) in [6, 6.07) is 19.4. The summed E-state index contributed by atoms with van der Waals surface area (Å²) in [7, 11) is 8.10. The van der Waals surface area contributed by atoms with E-state index in [0.717, 1.165) is 42.5 Å². The summed E-state index contributed by atoms with van der Waals surface area (Å²) in [6.45, 7) is 3.83. The molecule has 1 aromatic heterocycles. The molecule has 1 saturated heterocycles. The molecule has 0 amide bonds. The predicted octanol–water partition coefficient (Wildman–Crippen LogP) is 4.87. The number of methoxy groups -OCH3 is 4. The van der Waals surface area contributed by atoms with Crippen molar-refractivity contribution in [3.05, 3.63) is 71.9 Å². The molecule has 0 atom stereocenters. The highest BCUT2D eigenvalue weighted by atomic mass is 16.5. The number of nitrogens with zero attached hydrogens (tertiary/aromatic N) is 3. The molecule has 1 N–H and O–H groups in total. The van der Waals surface area contributed by atoms with Gasteiger partial charge < -0.3 is 34.0 Å². The molecule has 0 saturated carbocycles. The maximum absolute atomic E-state index is 13.3. The predicted molar refractivity (Wildman–Crippen MR) is 162 cm³/mol. The Hall–Kier alpha value is -4.54. The van der Waals surface area contributed by atoms with Gasteiger partial charge >= 0.3 is 5.97 Å². The fourth-order valence-electron chi connectivity index (χ4n) is 5.04. The van der Waals surface area contributed by atoms with Crippen LogP contribution in [0.5, 0.6) is 23.0 Å². The molecule has 10 nitrogen and oxygen atoms in total. The van der Waals surface area contributed by atoms with Crippen LogP contribution in [0.15, 0.2) is 60.7 Å². The van der Waals surface area contributed by atoms with Crippen molar-refractivity contribution in [2.24, 2.45) is 0 Å². The number of carbonyl (C=O) groups is 1. The minimum atomic E-state index is -0.563. The number of rotatable bonds is 10. The van der Waals surface area contributed by atoms with E-state index in [1.165, 1.54) is 7.11 Å². The lowest BCUT2D eigenvalue weighted by Crippen LogP contribution is -2.47. The average molecular weight is 573 g/mol. The highest BCUT2D eigenvalue weighted by Gasteiger charge is 2.26. The number of pyridine rings is 1. The molecule has 0 spiro atoms. The number of hydrogen-bond donors (Lipinski definition) is 1. The van der Waals surface area contributed by atoms with Crippen molar-refractivity contribution in [1.29, 1.82) is 0 Å². The van der Waals surface area contributed by atoms with Crippen LogP contribution in [0.25, 0.3) is 21.9 Å². The molecule has 0 bridgehead atoms. The SMILES string of the molecule is COC(=O)c1nc(NN2CCN(C)CC2)c2cc(OCc3ccccc3)ccc2c1-c1cc(OC)c(OC)c(OC)c1. The highest BCUT2D eigenvalue weighted by molar-refractivity contribution is 6.10. The summed E-state index contributed by atoms with van der Waals surface area (Å²) in [4.78, 5) is 20.4. The van der Waals surface area contributed by atoms with Crippen molar-refractivity contribution in [2.75, 3.05) is 67.1 Å². The number of esters is 1. The first kappa shape index (κ1) is 29.0. The molecule has 1 aliphatic rings. The lowest BCUT2D eigenvalue weighted by atomic mass is 9.95. The van der Waals surface area contributed by atoms with Gasteiger partial charge in [-0.1, -0.05) is 30.3 Å². The normalized spacial score (nSPS) is 13.9. The van der Waals surface area contributed by atoms with Crippen molar-refractivity contribution in [3.63, 3.8) is 0 Å². The van der Waals surface area contributed by atoms with Crippen LogP contribution in [-0.4, -0.2) is 82.5 Å². The van der Waals surface area contributed by atoms with Gasteiger partial charge in [0.15, 0.2) is 17.2 Å². The number of hydrazine groups is 1. The summed E-state index contributed by atoms with van der Waals surface area (Å²) < 4.78 is 28.2. The fourth-order valence-corrected chi connectivity index (χ4v) is 5.04. The highest BCUT2D eigenvalue weighted by Crippen LogP contribution is 2.44. The number of benzene rings is 3. The zero-order chi connectivity index (χ0) is 29.6. The number of likely N-dealkylation sites (N-methyl/N-ethyl adjacent to an activating group) is 1. The second kappa shape index (κ2) is 13.0. The van der Waals surface area contributed by atoms with E-state index in [0.29, 0.717) is 46.5 Å². The average Bonchev–Trinajstić information content (AvgIpc) is 3.03. The summed E-state index contributed by atoms with van der Waals surface area (Å²) in [6.07, 6.45) is 0. The van der Waals surface area contributed by atoms with Crippen molar-refractivity contribution < 1.29 is 28.5 Å². The van der Waals surface area contributed by atoms with Crippen LogP contribution in [0.2, 0.25) is 0 Å². The van der Waals surface area contributed by atoms with E-state index in [1.54, 1.807) is 33.5 Å². The van der Waals surface area contributed by atoms with Crippen molar-refractivity contribution in [1.82, 2.24) is 14.9 Å². The van der Waals surface area contributed by atoms with Crippen LogP contribution in [0, 0.1) is 0 Å². The Kier molecular flexibility index (Phi) is 8.94. The topological polar surface area (TPSA) is 94.6 Å². The van der Waals surface area contributed by atoms with Gasteiger partial charge in [0.05, 0.1) is 28.4 Å². The van der Waals surface area contributed by atoms with Crippen molar-refractivity contribution >= 4 is 22.6 Å². The number of ether oxygens (including phenoxy) is 5. The molecule has 2 heterocycles. The molecule has 3 aromatic carbocycles. The van der Waals surface area contributed by atoms with E-state index >= 15 is 0 Å². The largest absolute Gasteiger partial charge is 0.493 e. The Morgan fingerprint density at radius 1 is 0.857 bits per heavy atom. The number of hydrogen-bond acceptors (Lipinski definition) is 10. The lowest BCUT2D eigenvalue weighted by Gasteiger charge is -2.33. The van der Waals surface area contributed by atoms with Gasteiger partial charge in [-0.2, -0.15) is 0 Å². The number of fused-ring (bicyclic) bond motifs is 1. The Morgan fingerprint density at radius 3 is 2.17 bits per heavy atom. The number of anilines is 1. The lowest BCUT2D eigenvalue weighted by molar-refractivity contribution is 0.0595. The first-order chi connectivity index (χ1) is 20.4. The molecule has 1 fully saturated rings. The summed E-state index contributed by atoms with van der Waals surface area (Å²) in [5.41, 5.74) is 5.93. The maximum atomic E-state index is 13.3. The van der Waals surface area contributed by atoms with Gasteiger partial charge in [-0.25, -0.2) is 14.8 Å². The number of nitrogens with one attached hydrogen (secondary N) is 1. The van der Waals surface area contributed by atoms with E-state index in [1.807, 2.05) is 48.5 Å². The quantitative estimate of drug-likeness (QED) is 0.265. The van der Waals surface area contributed by atoms with Crippen LogP contribution in [0.1, 0.15) is 16.1 Å². The van der Waals surface area contributed by atoms with Gasteiger partial charge in [-0.05, 0) is 53.9 Å². The van der Waals surface area contributed by atoms with Crippen molar-refractivity contribution in [3.8, 4) is 34.1 Å². The second-order valence-electron chi connectivity index (χ2n) is 9.97. The van der Waals surface area contributed by atoms with Gasteiger partial charge in [0.25, 0.3) is 0 Å². The molecule has 42 heavy (non-hydrogen) atoms. The van der Waals surface area contributed by atoms with E-state index in [9.17, 15) is 4.79 Å². The van der Waals surface area contributed by atoms with E-state index in [4.69, 9.17) is 28.7 Å². The molecule has 0 aliphatic carbocycles. The third kappa shape index (κ3) is 6.05. The standard InChI is InChI=1S/C32H36N4O6/c1-35-13-15-36(16-14-35)34-31-25-19-23(42-20-21-9-7-6-8-10-21)11-12-24(25)28(29(33-31)32(37)41-5)22-17-26(38-2)30(40-4)27(18-22)39-3/h6-12,17-19H,13-16,20H2,1-5H3,(H,33,34). The second-order valence-corrected chi connectivity index (χ2v) is 9.97. The Morgan fingerprint density at radius 2 is 1.55 bits per heavy atom. The third-order valence-electron chi connectivity index (χ3n) is 7.32. The molecule has 1 aliphatic heterocycles. The first-order valence-electron chi connectivity index (χ1n) is 13.7. The monoisotopic (exact) mass is 572 g/mol. The molecule has 0 radical (unpaired) electrons. The first-order valence-corrected chi connectivity index (χ1v) is 13.7. The molecule has 5 rings (SSSR count). The zero-order valence-corrected chi connectivity index (χ0v) is 24.6. The molecular formula is C32H36N4O6. The molecule has 10 heteroatoms. The van der Waals surface area contributed by atoms with Crippen LogP contribution in [0.3, 0.4) is 0 Å². The summed E-state index contributed by atoms with van der Waals surface area (Å²) in [5, 5.41) is 3.68.